The van der Waals surface area contributed by atoms with E-state index in [1.54, 1.807) is 36.3 Å². The molecule has 0 heterocycles. The van der Waals surface area contributed by atoms with Crippen molar-refractivity contribution in [3.8, 4) is 5.75 Å². The van der Waals surface area contributed by atoms with Crippen LogP contribution in [0.25, 0.3) is 0 Å². The number of rotatable bonds is 14. The molecule has 0 radical (unpaired) electrons. The lowest BCUT2D eigenvalue weighted by atomic mass is 10.0. The first-order chi connectivity index (χ1) is 19.1. The van der Waals surface area contributed by atoms with Crippen LogP contribution in [0.5, 0.6) is 5.75 Å². The van der Waals surface area contributed by atoms with Crippen LogP contribution in [0.15, 0.2) is 78.9 Å². The molecule has 3 aromatic rings. The highest BCUT2D eigenvalue weighted by atomic mass is 32.2. The normalized spacial score (nSPS) is 11.9. The molecule has 0 aliphatic carbocycles. The van der Waals surface area contributed by atoms with E-state index >= 15 is 0 Å². The molecule has 0 aliphatic rings. The molecule has 0 saturated carbocycles. The fraction of sp³-hybridized carbons (Fsp3) is 0.355. The maximum atomic E-state index is 13.8. The third-order valence-corrected chi connectivity index (χ3v) is 7.76. The van der Waals surface area contributed by atoms with Gasteiger partial charge in [0.15, 0.2) is 0 Å². The predicted molar refractivity (Wildman–Crippen MR) is 159 cm³/mol. The molecule has 8 nitrogen and oxygen atoms in total. The summed E-state index contributed by atoms with van der Waals surface area (Å²) in [5.74, 6) is 0.189. The number of nitrogens with zero attached hydrogens (tertiary/aromatic N) is 2. The van der Waals surface area contributed by atoms with E-state index < -0.39 is 16.1 Å². The Morgan fingerprint density at radius 1 is 0.950 bits per heavy atom. The van der Waals surface area contributed by atoms with Gasteiger partial charge in [-0.15, -0.1) is 0 Å². The molecule has 40 heavy (non-hydrogen) atoms. The van der Waals surface area contributed by atoms with Crippen molar-refractivity contribution in [3.05, 3.63) is 95.6 Å². The van der Waals surface area contributed by atoms with Crippen molar-refractivity contribution < 1.29 is 22.7 Å². The van der Waals surface area contributed by atoms with E-state index in [-0.39, 0.29) is 37.7 Å². The second kappa shape index (κ2) is 14.5. The van der Waals surface area contributed by atoms with E-state index in [1.165, 1.54) is 4.31 Å². The number of benzene rings is 3. The standard InChI is InChI=1S/C31H39N3O5S/c1-5-32-31(36)29(22-25-12-7-6-8-13-25)33(23-26-14-9-11-24(2)21-26)30(35)15-10-20-34(40(4,37)38)27-16-18-28(39-3)19-17-27/h6-9,11-14,16-19,21,29H,5,10,15,20,22-23H2,1-4H3,(H,32,36). The molecular formula is C31H39N3O5S. The first-order valence-electron chi connectivity index (χ1n) is 13.4. The first kappa shape index (κ1) is 30.7. The number of hydrogen-bond donors (Lipinski definition) is 1. The second-order valence-corrected chi connectivity index (χ2v) is 11.7. The molecule has 0 aliphatic heterocycles. The molecule has 0 fully saturated rings. The number of likely N-dealkylation sites (N-methyl/N-ethyl adjacent to an activating group) is 1. The van der Waals surface area contributed by atoms with E-state index in [4.69, 9.17) is 4.74 Å². The molecule has 9 heteroatoms. The average Bonchev–Trinajstić information content (AvgIpc) is 2.93. The number of nitrogens with one attached hydrogen (secondary N) is 1. The third kappa shape index (κ3) is 8.84. The molecule has 1 atom stereocenters. The average molecular weight is 566 g/mol. The van der Waals surface area contributed by atoms with Gasteiger partial charge in [-0.1, -0.05) is 60.2 Å². The number of ether oxygens (including phenoxy) is 1. The zero-order valence-electron chi connectivity index (χ0n) is 23.7. The van der Waals surface area contributed by atoms with Crippen LogP contribution in [0.4, 0.5) is 5.69 Å². The van der Waals surface area contributed by atoms with Gasteiger partial charge in [0.05, 0.1) is 19.1 Å². The lowest BCUT2D eigenvalue weighted by molar-refractivity contribution is -0.141. The number of sulfonamides is 1. The first-order valence-corrected chi connectivity index (χ1v) is 15.3. The van der Waals surface area contributed by atoms with E-state index in [9.17, 15) is 18.0 Å². The minimum Gasteiger partial charge on any atom is -0.497 e. The van der Waals surface area contributed by atoms with E-state index in [0.717, 1.165) is 22.9 Å². The minimum absolute atomic E-state index is 0.0820. The van der Waals surface area contributed by atoms with Crippen LogP contribution in [0, 0.1) is 6.92 Å². The lowest BCUT2D eigenvalue weighted by Crippen LogP contribution is -2.50. The number of carbonyl (C=O) groups excluding carboxylic acids is 2. The van der Waals surface area contributed by atoms with Gasteiger partial charge in [-0.3, -0.25) is 13.9 Å². The van der Waals surface area contributed by atoms with Crippen LogP contribution >= 0.6 is 0 Å². The predicted octanol–water partition coefficient (Wildman–Crippen LogP) is 4.33. The number of hydrogen-bond acceptors (Lipinski definition) is 5. The van der Waals surface area contributed by atoms with E-state index in [2.05, 4.69) is 5.32 Å². The Hall–Kier alpha value is -3.85. The second-order valence-electron chi connectivity index (χ2n) is 9.75. The Morgan fingerprint density at radius 3 is 2.23 bits per heavy atom. The third-order valence-electron chi connectivity index (χ3n) is 6.57. The molecule has 0 aromatic heterocycles. The summed E-state index contributed by atoms with van der Waals surface area (Å²) in [6, 6.07) is 23.5. The van der Waals surface area contributed by atoms with Crippen molar-refractivity contribution in [1.82, 2.24) is 10.2 Å². The van der Waals surface area contributed by atoms with Gasteiger partial charge in [0.25, 0.3) is 0 Å². The van der Waals surface area contributed by atoms with Crippen LogP contribution in [0.1, 0.15) is 36.5 Å². The highest BCUT2D eigenvalue weighted by Crippen LogP contribution is 2.23. The van der Waals surface area contributed by atoms with Gasteiger partial charge < -0.3 is 15.0 Å². The summed E-state index contributed by atoms with van der Waals surface area (Å²) < 4.78 is 31.6. The fourth-order valence-electron chi connectivity index (χ4n) is 4.61. The Balaban J connectivity index is 1.85. The Morgan fingerprint density at radius 2 is 1.62 bits per heavy atom. The smallest absolute Gasteiger partial charge is 0.243 e. The summed E-state index contributed by atoms with van der Waals surface area (Å²) in [4.78, 5) is 28.7. The number of carbonyl (C=O) groups is 2. The van der Waals surface area contributed by atoms with Gasteiger partial charge >= 0.3 is 0 Å². The van der Waals surface area contributed by atoms with Crippen LogP contribution in [0.2, 0.25) is 0 Å². The fourth-order valence-corrected chi connectivity index (χ4v) is 5.57. The van der Waals surface area contributed by atoms with Gasteiger partial charge in [-0.25, -0.2) is 8.42 Å². The van der Waals surface area contributed by atoms with Crippen molar-refractivity contribution in [2.24, 2.45) is 0 Å². The van der Waals surface area contributed by atoms with Crippen LogP contribution in [-0.2, 0) is 32.6 Å². The molecule has 1 unspecified atom stereocenters. The summed E-state index contributed by atoms with van der Waals surface area (Å²) >= 11 is 0. The number of anilines is 1. The maximum Gasteiger partial charge on any atom is 0.243 e. The monoisotopic (exact) mass is 565 g/mol. The highest BCUT2D eigenvalue weighted by molar-refractivity contribution is 7.92. The van der Waals surface area contributed by atoms with Crippen molar-refractivity contribution in [2.45, 2.75) is 45.7 Å². The Kier molecular flexibility index (Phi) is 11.1. The van der Waals surface area contributed by atoms with Crippen molar-refractivity contribution >= 4 is 27.5 Å². The summed E-state index contributed by atoms with van der Waals surface area (Å²) in [6.45, 7) is 4.67. The molecule has 0 spiro atoms. The summed E-state index contributed by atoms with van der Waals surface area (Å²) in [7, 11) is -2.04. The Bertz CT molecular complexity index is 1360. The molecule has 214 valence electrons. The molecule has 3 rings (SSSR count). The molecule has 3 aromatic carbocycles. The summed E-state index contributed by atoms with van der Waals surface area (Å²) in [5.41, 5.74) is 3.43. The molecule has 0 bridgehead atoms. The van der Waals surface area contributed by atoms with Gasteiger partial charge in [-0.2, -0.15) is 0 Å². The summed E-state index contributed by atoms with van der Waals surface area (Å²) in [5, 5.41) is 2.89. The topological polar surface area (TPSA) is 96.0 Å². The van der Waals surface area contributed by atoms with Gasteiger partial charge in [0, 0.05) is 32.5 Å². The van der Waals surface area contributed by atoms with Gasteiger partial charge in [0.1, 0.15) is 11.8 Å². The summed E-state index contributed by atoms with van der Waals surface area (Å²) in [6.07, 6.45) is 1.88. The van der Waals surface area contributed by atoms with Crippen LogP contribution in [-0.4, -0.2) is 57.6 Å². The van der Waals surface area contributed by atoms with Crippen LogP contribution in [0.3, 0.4) is 0 Å². The van der Waals surface area contributed by atoms with Crippen LogP contribution < -0.4 is 14.4 Å². The number of amides is 2. The lowest BCUT2D eigenvalue weighted by Gasteiger charge is -2.32. The van der Waals surface area contributed by atoms with E-state index in [1.807, 2.05) is 68.4 Å². The largest absolute Gasteiger partial charge is 0.497 e. The zero-order chi connectivity index (χ0) is 29.1. The van der Waals surface area contributed by atoms with Gasteiger partial charge in [0.2, 0.25) is 21.8 Å². The van der Waals surface area contributed by atoms with Gasteiger partial charge in [-0.05, 0) is 55.7 Å². The number of methoxy groups -OCH3 is 1. The molecule has 1 N–H and O–H groups in total. The molecule has 0 saturated heterocycles. The molecule has 2 amide bonds. The zero-order valence-corrected chi connectivity index (χ0v) is 24.5. The Labute approximate surface area is 238 Å². The maximum absolute atomic E-state index is 13.8. The highest BCUT2D eigenvalue weighted by Gasteiger charge is 2.30. The number of aryl methyl sites for hydroxylation is 1. The van der Waals surface area contributed by atoms with E-state index in [0.29, 0.717) is 24.4 Å². The van der Waals surface area contributed by atoms with Crippen molar-refractivity contribution in [3.63, 3.8) is 0 Å². The minimum atomic E-state index is -3.58. The molecular weight excluding hydrogens is 526 g/mol. The quantitative estimate of drug-likeness (QED) is 0.314. The SMILES string of the molecule is CCNC(=O)C(Cc1ccccc1)N(Cc1cccc(C)c1)C(=O)CCCN(c1ccc(OC)cc1)S(C)(=O)=O. The van der Waals surface area contributed by atoms with Crippen molar-refractivity contribution in [2.75, 3.05) is 30.8 Å². The van der Waals surface area contributed by atoms with Crippen molar-refractivity contribution in [1.29, 1.82) is 0 Å².